The fraction of sp³-hybridized carbons (Fsp3) is 0.786. The van der Waals surface area contributed by atoms with Gasteiger partial charge in [-0.1, -0.05) is 12.5 Å². The van der Waals surface area contributed by atoms with E-state index in [9.17, 15) is 9.90 Å². The van der Waals surface area contributed by atoms with Gasteiger partial charge in [-0.2, -0.15) is 0 Å². The summed E-state index contributed by atoms with van der Waals surface area (Å²) in [5.41, 5.74) is 0. The molecule has 0 unspecified atom stereocenters. The minimum absolute atomic E-state index is 0.200. The van der Waals surface area contributed by atoms with Crippen LogP contribution in [0.3, 0.4) is 0 Å². The van der Waals surface area contributed by atoms with Crippen molar-refractivity contribution in [1.82, 2.24) is 0 Å². The molecular formula is C14H23BO4. The van der Waals surface area contributed by atoms with Gasteiger partial charge in [0.2, 0.25) is 0 Å². The van der Waals surface area contributed by atoms with Gasteiger partial charge in [-0.15, -0.1) is 6.58 Å². The molecule has 0 aliphatic heterocycles. The van der Waals surface area contributed by atoms with Crippen LogP contribution in [-0.4, -0.2) is 28.2 Å². The number of carboxylic acid groups (broad SMARTS) is 1. The summed E-state index contributed by atoms with van der Waals surface area (Å²) < 4.78 is 0. The molecule has 0 amide bonds. The number of carboxylic acids is 1. The second-order valence-electron chi connectivity index (χ2n) is 6.15. The Morgan fingerprint density at radius 3 is 2.63 bits per heavy atom. The van der Waals surface area contributed by atoms with Crippen LogP contribution in [-0.2, 0) is 4.79 Å². The Balaban J connectivity index is 1.98. The SMILES string of the molecule is C=C[C@H]1C[C@@H]2C[C@@H](C(=O)O)[C@@H](CCCB(O)O)[C@@H]2C1. The summed E-state index contributed by atoms with van der Waals surface area (Å²) in [6.45, 7) is 3.85. The highest BCUT2D eigenvalue weighted by molar-refractivity contribution is 6.40. The van der Waals surface area contributed by atoms with Crippen LogP contribution in [0.25, 0.3) is 0 Å². The van der Waals surface area contributed by atoms with Gasteiger partial charge in [-0.05, 0) is 55.7 Å². The summed E-state index contributed by atoms with van der Waals surface area (Å²) in [5.74, 6) is 0.825. The lowest BCUT2D eigenvalue weighted by Crippen LogP contribution is -2.23. The molecule has 0 aromatic heterocycles. The smallest absolute Gasteiger partial charge is 0.451 e. The molecule has 2 fully saturated rings. The first-order valence-electron chi connectivity index (χ1n) is 7.24. The first kappa shape index (κ1) is 14.6. The van der Waals surface area contributed by atoms with E-state index in [2.05, 4.69) is 6.58 Å². The molecule has 0 heterocycles. The largest absolute Gasteiger partial charge is 0.481 e. The Kier molecular flexibility index (Phi) is 4.69. The maximum Gasteiger partial charge on any atom is 0.451 e. The Bertz CT molecular complexity index is 344. The Hall–Kier alpha value is -0.805. The predicted molar refractivity (Wildman–Crippen MR) is 73.4 cm³/mol. The lowest BCUT2D eigenvalue weighted by atomic mass is 9.78. The molecule has 0 radical (unpaired) electrons. The first-order chi connectivity index (χ1) is 9.02. The number of allylic oxidation sites excluding steroid dienone is 1. The van der Waals surface area contributed by atoms with Crippen LogP contribution in [0.2, 0.25) is 6.32 Å². The van der Waals surface area contributed by atoms with Crippen LogP contribution >= 0.6 is 0 Å². The topological polar surface area (TPSA) is 77.8 Å². The molecule has 2 rings (SSSR count). The number of fused-ring (bicyclic) bond motifs is 1. The molecule has 2 aliphatic rings. The Labute approximate surface area is 114 Å². The van der Waals surface area contributed by atoms with Crippen molar-refractivity contribution in [1.29, 1.82) is 0 Å². The number of aliphatic carboxylic acids is 1. The average molecular weight is 266 g/mol. The van der Waals surface area contributed by atoms with E-state index in [1.165, 1.54) is 0 Å². The van der Waals surface area contributed by atoms with Gasteiger partial charge in [0.05, 0.1) is 5.92 Å². The van der Waals surface area contributed by atoms with Crippen LogP contribution in [0.5, 0.6) is 0 Å². The standard InChI is InChI=1S/C14H23BO4/c1-2-9-6-10-8-13(14(16)17)11(12(10)7-9)4-3-5-15(18)19/h2,9-13,18-19H,1,3-8H2,(H,16,17)/t9-,10+,11-,12+,13+/m0/s1. The number of carbonyl (C=O) groups is 1. The summed E-state index contributed by atoms with van der Waals surface area (Å²) in [5, 5.41) is 27.1. The Morgan fingerprint density at radius 1 is 1.32 bits per heavy atom. The third-order valence-corrected chi connectivity index (χ3v) is 5.06. The van der Waals surface area contributed by atoms with Gasteiger partial charge in [0.15, 0.2) is 0 Å². The van der Waals surface area contributed by atoms with Crippen molar-refractivity contribution in [3.05, 3.63) is 12.7 Å². The zero-order chi connectivity index (χ0) is 14.0. The molecule has 2 aliphatic carbocycles. The average Bonchev–Trinajstić information content (AvgIpc) is 2.87. The van der Waals surface area contributed by atoms with Crippen molar-refractivity contribution < 1.29 is 19.9 Å². The second kappa shape index (κ2) is 6.10. The van der Waals surface area contributed by atoms with Crippen LogP contribution in [0.15, 0.2) is 12.7 Å². The van der Waals surface area contributed by atoms with Crippen LogP contribution in [0.1, 0.15) is 32.1 Å². The summed E-state index contributed by atoms with van der Waals surface area (Å²) >= 11 is 0. The normalized spacial score (nSPS) is 37.1. The highest BCUT2D eigenvalue weighted by Gasteiger charge is 2.49. The van der Waals surface area contributed by atoms with Crippen molar-refractivity contribution in [2.75, 3.05) is 0 Å². The van der Waals surface area contributed by atoms with Crippen LogP contribution in [0.4, 0.5) is 0 Å². The van der Waals surface area contributed by atoms with Gasteiger partial charge in [0.1, 0.15) is 0 Å². The molecule has 5 atom stereocenters. The molecular weight excluding hydrogens is 243 g/mol. The van der Waals surface area contributed by atoms with Gasteiger partial charge < -0.3 is 15.2 Å². The lowest BCUT2D eigenvalue weighted by molar-refractivity contribution is -0.143. The quantitative estimate of drug-likeness (QED) is 0.506. The maximum atomic E-state index is 11.4. The third-order valence-electron chi connectivity index (χ3n) is 5.06. The summed E-state index contributed by atoms with van der Waals surface area (Å²) in [4.78, 5) is 11.4. The van der Waals surface area contributed by atoms with E-state index in [1.807, 2.05) is 6.08 Å². The maximum absolute atomic E-state index is 11.4. The molecule has 0 aromatic rings. The summed E-state index contributed by atoms with van der Waals surface area (Å²) in [7, 11) is -1.27. The van der Waals surface area contributed by atoms with Crippen LogP contribution in [0, 0.1) is 29.6 Å². The van der Waals surface area contributed by atoms with Crippen LogP contribution < -0.4 is 0 Å². The number of rotatable bonds is 6. The van der Waals surface area contributed by atoms with E-state index < -0.39 is 13.1 Å². The molecule has 4 nitrogen and oxygen atoms in total. The highest BCUT2D eigenvalue weighted by atomic mass is 16.4. The molecule has 0 spiro atoms. The molecule has 0 bridgehead atoms. The zero-order valence-corrected chi connectivity index (χ0v) is 11.2. The number of hydrogen-bond acceptors (Lipinski definition) is 3. The monoisotopic (exact) mass is 266 g/mol. The fourth-order valence-electron chi connectivity index (χ4n) is 4.22. The molecule has 0 aromatic carbocycles. The second-order valence-corrected chi connectivity index (χ2v) is 6.15. The van der Waals surface area contributed by atoms with Crippen molar-refractivity contribution in [3.8, 4) is 0 Å². The predicted octanol–water partition coefficient (Wildman–Crippen LogP) is 1.79. The van der Waals surface area contributed by atoms with Crippen molar-refractivity contribution in [2.24, 2.45) is 29.6 Å². The molecule has 106 valence electrons. The third kappa shape index (κ3) is 3.21. The van der Waals surface area contributed by atoms with E-state index >= 15 is 0 Å². The van der Waals surface area contributed by atoms with Gasteiger partial charge >= 0.3 is 13.1 Å². The lowest BCUT2D eigenvalue weighted by Gasteiger charge is -2.22. The fourth-order valence-corrected chi connectivity index (χ4v) is 4.22. The van der Waals surface area contributed by atoms with Gasteiger partial charge in [0.25, 0.3) is 0 Å². The van der Waals surface area contributed by atoms with Gasteiger partial charge in [-0.3, -0.25) is 4.79 Å². The molecule has 5 heteroatoms. The molecule has 2 saturated carbocycles. The Morgan fingerprint density at radius 2 is 2.05 bits per heavy atom. The zero-order valence-electron chi connectivity index (χ0n) is 11.2. The van der Waals surface area contributed by atoms with Crippen molar-refractivity contribution in [3.63, 3.8) is 0 Å². The van der Waals surface area contributed by atoms with E-state index in [0.717, 1.165) is 25.7 Å². The molecule has 3 N–H and O–H groups in total. The van der Waals surface area contributed by atoms with E-state index in [-0.39, 0.29) is 11.8 Å². The first-order valence-corrected chi connectivity index (χ1v) is 7.24. The minimum atomic E-state index is -1.27. The van der Waals surface area contributed by atoms with Crippen molar-refractivity contribution in [2.45, 2.75) is 38.4 Å². The molecule has 19 heavy (non-hydrogen) atoms. The van der Waals surface area contributed by atoms with E-state index in [1.54, 1.807) is 0 Å². The number of hydrogen-bond donors (Lipinski definition) is 3. The van der Waals surface area contributed by atoms with Gasteiger partial charge in [0, 0.05) is 0 Å². The minimum Gasteiger partial charge on any atom is -0.481 e. The van der Waals surface area contributed by atoms with Gasteiger partial charge in [-0.25, -0.2) is 0 Å². The van der Waals surface area contributed by atoms with E-state index in [0.29, 0.717) is 30.5 Å². The summed E-state index contributed by atoms with van der Waals surface area (Å²) in [6, 6.07) is 0. The van der Waals surface area contributed by atoms with E-state index in [4.69, 9.17) is 10.0 Å². The molecule has 0 saturated heterocycles. The van der Waals surface area contributed by atoms with Crippen molar-refractivity contribution >= 4 is 13.1 Å². The summed E-state index contributed by atoms with van der Waals surface area (Å²) in [6.07, 6.45) is 6.75. The highest BCUT2D eigenvalue weighted by Crippen LogP contribution is 2.54.